The van der Waals surface area contributed by atoms with Crippen molar-refractivity contribution in [1.82, 2.24) is 46.7 Å². The number of carbonyl (C=O) groups excluding carboxylic acids is 10. The van der Waals surface area contributed by atoms with E-state index >= 15 is 4.39 Å². The summed E-state index contributed by atoms with van der Waals surface area (Å²) >= 11 is 0. The first kappa shape index (κ1) is 75.6. The van der Waals surface area contributed by atoms with Crippen LogP contribution in [-0.4, -0.2) is 166 Å². The number of primary amides is 1. The summed E-state index contributed by atoms with van der Waals surface area (Å²) in [7, 11) is -1.39. The molecule has 90 heavy (non-hydrogen) atoms. The molecular weight excluding hydrogens is 1190 g/mol. The average molecular weight is 1280 g/mol. The third kappa shape index (κ3) is 26.6. The lowest BCUT2D eigenvalue weighted by Gasteiger charge is -2.41. The predicted molar refractivity (Wildman–Crippen MR) is 328 cm³/mol. The van der Waals surface area contributed by atoms with Gasteiger partial charge in [0.1, 0.15) is 54.5 Å². The van der Waals surface area contributed by atoms with Crippen molar-refractivity contribution >= 4 is 79.1 Å². The monoisotopic (exact) mass is 1280 g/mol. The van der Waals surface area contributed by atoms with E-state index in [0.29, 0.717) is 31.6 Å². The van der Waals surface area contributed by atoms with E-state index in [4.69, 9.17) is 15.6 Å². The van der Waals surface area contributed by atoms with Crippen molar-refractivity contribution in [2.75, 3.05) is 26.3 Å². The average Bonchev–Trinajstić information content (AvgIpc) is 1.63. The third-order valence-electron chi connectivity index (χ3n) is 14.2. The molecule has 7 atom stereocenters. The van der Waals surface area contributed by atoms with Crippen molar-refractivity contribution in [2.45, 2.75) is 180 Å². The number of aliphatic hydroxyl groups is 1. The van der Waals surface area contributed by atoms with E-state index in [0.717, 1.165) is 29.8 Å². The quantitative estimate of drug-likeness (QED) is 0.0223. The fourth-order valence-electron chi connectivity index (χ4n) is 9.47. The van der Waals surface area contributed by atoms with E-state index in [9.17, 15) is 72.1 Å². The van der Waals surface area contributed by atoms with Crippen molar-refractivity contribution < 1.29 is 86.4 Å². The molecule has 0 radical (unpaired) electrons. The lowest BCUT2D eigenvalue weighted by molar-refractivity contribution is -0.144. The minimum absolute atomic E-state index is 0.104. The number of rotatable bonds is 38. The first-order chi connectivity index (χ1) is 42.1. The highest BCUT2D eigenvalue weighted by Gasteiger charge is 2.39. The lowest BCUT2D eigenvalue weighted by atomic mass is 9.82. The maximum Gasteiger partial charge on any atom is 0.326 e. The molecule has 0 saturated heterocycles. The maximum atomic E-state index is 15.5. The second-order valence-electron chi connectivity index (χ2n) is 24.3. The number of ether oxygens (including phenoxy) is 1. The number of halogens is 2. The maximum absolute atomic E-state index is 15.5. The van der Waals surface area contributed by atoms with Gasteiger partial charge in [-0.1, -0.05) is 83.6 Å². The Morgan fingerprint density at radius 3 is 1.90 bits per heavy atom. The number of hydrogen-bond donors (Lipinski definition) is 11. The van der Waals surface area contributed by atoms with E-state index in [1.165, 1.54) is 25.7 Å². The first-order valence-electron chi connectivity index (χ1n) is 29.6. The molecule has 2 aromatic carbocycles. The Morgan fingerprint density at radius 2 is 1.31 bits per heavy atom. The lowest BCUT2D eigenvalue weighted by Crippen LogP contribution is -2.59. The standard InChI is InChI=1S/C61H88F2N10O16Si/c1-36(67-58(85)44(68-38(3)75)18-14-11-15-19-53(81)89-28-29-90(7,8)9)55(82)66-37(2)56(83)71-47(32-49(64)76)59(86)70-45(57(84)65-26-24-50(77)69-46(60(87)88)22-23-52(79)80)25-27-73(51(78)35-74)54(61(4,5)6)48-30-40(42-31-41(62)20-21-43(42)63)34-72(48)33-39-16-12-10-13-17-39/h10,12-13,16-17,20-21,30-31,34,36-37,44-47,54,74H,11,14-15,18-19,22-29,32-33,35H2,1-9H3,(H2,64,76)(H,65,84)(H,66,82)(H,67,85)(H,68,75)(H,69,77)(H,70,86)(H,71,83)(H,79,80)(H,87,88)/t36-,37-,44-,45-,46-,47-,54-/m0/s1. The molecule has 0 fully saturated rings. The second-order valence-corrected chi connectivity index (χ2v) is 29.9. The van der Waals surface area contributed by atoms with Crippen molar-refractivity contribution in [3.63, 3.8) is 0 Å². The number of aromatic nitrogens is 1. The highest BCUT2D eigenvalue weighted by molar-refractivity contribution is 6.76. The van der Waals surface area contributed by atoms with E-state index in [2.05, 4.69) is 56.9 Å². The summed E-state index contributed by atoms with van der Waals surface area (Å²) in [6, 6.07) is 4.25. The Morgan fingerprint density at radius 1 is 0.700 bits per heavy atom. The molecule has 1 aromatic heterocycles. The molecule has 26 nitrogen and oxygen atoms in total. The van der Waals surface area contributed by atoms with E-state index < -0.39 is 184 Å². The highest BCUT2D eigenvalue weighted by atomic mass is 28.3. The summed E-state index contributed by atoms with van der Waals surface area (Å²) in [6.45, 7) is 14.0. The number of nitrogens with two attached hydrogens (primary N) is 1. The van der Waals surface area contributed by atoms with Gasteiger partial charge in [-0.05, 0) is 80.8 Å². The zero-order chi connectivity index (χ0) is 67.6. The Labute approximate surface area is 522 Å². The third-order valence-corrected chi connectivity index (χ3v) is 15.9. The molecule has 12 N–H and O–H groups in total. The Hall–Kier alpha value is -8.60. The number of carboxylic acids is 2. The van der Waals surface area contributed by atoms with Crippen LogP contribution in [0.15, 0.2) is 60.8 Å². The van der Waals surface area contributed by atoms with Gasteiger partial charge in [0.05, 0.1) is 19.1 Å². The van der Waals surface area contributed by atoms with Crippen LogP contribution >= 0.6 is 0 Å². The number of benzene rings is 2. The normalized spacial score (nSPS) is 13.7. The summed E-state index contributed by atoms with van der Waals surface area (Å²) in [5.74, 6) is -13.0. The molecule has 29 heteroatoms. The Kier molecular flexibility index (Phi) is 30.4. The zero-order valence-electron chi connectivity index (χ0n) is 52.5. The van der Waals surface area contributed by atoms with Gasteiger partial charge in [-0.25, -0.2) is 13.6 Å². The van der Waals surface area contributed by atoms with Crippen LogP contribution in [0.2, 0.25) is 25.7 Å². The topological polar surface area (TPSA) is 393 Å². The predicted octanol–water partition coefficient (Wildman–Crippen LogP) is 2.91. The number of aliphatic carboxylic acids is 2. The summed E-state index contributed by atoms with van der Waals surface area (Å²) in [5, 5.41) is 46.0. The fourth-order valence-corrected chi connectivity index (χ4v) is 10.2. The molecule has 0 aliphatic rings. The summed E-state index contributed by atoms with van der Waals surface area (Å²) < 4.78 is 37.2. The van der Waals surface area contributed by atoms with Crippen molar-refractivity contribution in [3.8, 4) is 11.1 Å². The molecule has 9 amide bonds. The van der Waals surface area contributed by atoms with Crippen molar-refractivity contribution in [3.05, 3.63) is 83.7 Å². The number of esters is 1. The summed E-state index contributed by atoms with van der Waals surface area (Å²) in [6.07, 6.45) is 0.313. The van der Waals surface area contributed by atoms with Crippen LogP contribution in [-0.2, 0) is 68.8 Å². The molecule has 3 rings (SSSR count). The smallest absolute Gasteiger partial charge is 0.326 e. The Balaban J connectivity index is 1.93. The van der Waals surface area contributed by atoms with Gasteiger partial charge in [0.25, 0.3) is 0 Å². The molecule has 0 saturated carbocycles. The van der Waals surface area contributed by atoms with E-state index in [-0.39, 0.29) is 36.5 Å². The van der Waals surface area contributed by atoms with Crippen LogP contribution < -0.4 is 43.0 Å². The minimum atomic E-state index is -1.86. The van der Waals surface area contributed by atoms with Crippen LogP contribution in [0.3, 0.4) is 0 Å². The molecular formula is C61H88F2N10O16Si. The number of hydrogen-bond acceptors (Lipinski definition) is 14. The van der Waals surface area contributed by atoms with Gasteiger partial charge in [0, 0.05) is 76.9 Å². The molecule has 496 valence electrons. The van der Waals surface area contributed by atoms with Gasteiger partial charge in [-0.15, -0.1) is 0 Å². The van der Waals surface area contributed by atoms with Crippen molar-refractivity contribution in [1.29, 1.82) is 0 Å². The molecule has 0 aliphatic heterocycles. The molecule has 0 bridgehead atoms. The summed E-state index contributed by atoms with van der Waals surface area (Å²) in [5.41, 5.74) is 5.83. The molecule has 3 aromatic rings. The molecule has 1 heterocycles. The number of aliphatic hydroxyl groups excluding tert-OH is 1. The fraction of sp³-hybridized carbons (Fsp3) is 0.541. The van der Waals surface area contributed by atoms with Crippen LogP contribution in [0.5, 0.6) is 0 Å². The van der Waals surface area contributed by atoms with Crippen LogP contribution in [0, 0.1) is 17.0 Å². The molecule has 0 aliphatic carbocycles. The Bertz CT molecular complexity index is 3010. The van der Waals surface area contributed by atoms with Gasteiger partial charge >= 0.3 is 17.9 Å². The molecule has 0 spiro atoms. The van der Waals surface area contributed by atoms with Crippen LogP contribution in [0.1, 0.15) is 123 Å². The first-order valence-corrected chi connectivity index (χ1v) is 33.3. The van der Waals surface area contributed by atoms with Crippen molar-refractivity contribution in [2.24, 2.45) is 11.1 Å². The van der Waals surface area contributed by atoms with Gasteiger partial charge in [0.2, 0.25) is 53.2 Å². The van der Waals surface area contributed by atoms with Gasteiger partial charge in [0.15, 0.2) is 0 Å². The number of nitrogens with one attached hydrogen (secondary N) is 7. The second kappa shape index (κ2) is 36.2. The molecule has 0 unspecified atom stereocenters. The van der Waals surface area contributed by atoms with Gasteiger partial charge < -0.3 is 72.5 Å². The largest absolute Gasteiger partial charge is 0.481 e. The van der Waals surface area contributed by atoms with E-state index in [1.54, 1.807) is 55.8 Å². The highest BCUT2D eigenvalue weighted by Crippen LogP contribution is 2.41. The number of amides is 9. The SMILES string of the molecule is CC(=O)N[C@@H](CCCCCC(=O)OCC[Si](C)(C)C)C(=O)N[C@@H](C)C(=O)N[C@@H](C)C(=O)N[C@@H](CC(N)=O)C(=O)N[C@@H](CCN(C(=O)CO)[C@@H](c1cc(-c2cc(F)ccc2F)cn1Cc1ccccc1)C(C)(C)C)C(=O)NCCC(=O)N[C@@H](CCC(=O)O)C(=O)O. The number of unbranched alkanes of at least 4 members (excludes halogenated alkanes) is 2. The zero-order valence-corrected chi connectivity index (χ0v) is 53.5. The van der Waals surface area contributed by atoms with Crippen LogP contribution in [0.25, 0.3) is 11.1 Å². The summed E-state index contributed by atoms with van der Waals surface area (Å²) in [4.78, 5) is 157. The number of nitrogens with zero attached hydrogens (tertiary/aromatic N) is 2. The number of carboxylic acid groups (broad SMARTS) is 2. The van der Waals surface area contributed by atoms with Gasteiger partial charge in [-0.3, -0.25) is 52.7 Å². The van der Waals surface area contributed by atoms with Crippen LogP contribution in [0.4, 0.5) is 8.78 Å². The number of carbonyl (C=O) groups is 12. The van der Waals surface area contributed by atoms with Gasteiger partial charge in [-0.2, -0.15) is 0 Å². The minimum Gasteiger partial charge on any atom is -0.481 e. The van der Waals surface area contributed by atoms with E-state index in [1.807, 2.05) is 12.1 Å².